The van der Waals surface area contributed by atoms with Gasteiger partial charge in [-0.2, -0.15) is 5.26 Å². The molecule has 2 aromatic carbocycles. The Morgan fingerprint density at radius 3 is 2.62 bits per heavy atom. The third kappa shape index (κ3) is 3.59. The number of hydrogen-bond donors (Lipinski definition) is 1. The first-order valence-corrected chi connectivity index (χ1v) is 7.97. The van der Waals surface area contributed by atoms with Gasteiger partial charge in [-0.25, -0.2) is 4.98 Å². The molecule has 0 spiro atoms. The molecule has 0 radical (unpaired) electrons. The molecule has 0 aliphatic heterocycles. The molecule has 1 amide bonds. The minimum atomic E-state index is -0.216. The fourth-order valence-electron chi connectivity index (χ4n) is 2.79. The number of aromatic nitrogens is 2. The second-order valence-corrected chi connectivity index (χ2v) is 5.64. The lowest BCUT2D eigenvalue weighted by atomic mass is 10.1. The number of nitriles is 1. The van der Waals surface area contributed by atoms with Gasteiger partial charge < -0.3 is 19.4 Å². The summed E-state index contributed by atoms with van der Waals surface area (Å²) in [4.78, 5) is 16.8. The number of carbonyl (C=O) groups is 1. The predicted octanol–water partition coefficient (Wildman–Crippen LogP) is 2.76. The first-order valence-electron chi connectivity index (χ1n) is 7.97. The van der Waals surface area contributed by atoms with Crippen LogP contribution in [0.3, 0.4) is 0 Å². The van der Waals surface area contributed by atoms with Crippen LogP contribution >= 0.6 is 0 Å². The van der Waals surface area contributed by atoms with Crippen molar-refractivity contribution in [3.05, 3.63) is 48.3 Å². The van der Waals surface area contributed by atoms with Crippen LogP contribution in [0.2, 0.25) is 0 Å². The number of carbonyl (C=O) groups excluding carboxylic acids is 1. The van der Waals surface area contributed by atoms with Crippen LogP contribution in [0.25, 0.3) is 11.0 Å². The van der Waals surface area contributed by atoms with E-state index in [1.807, 2.05) is 18.2 Å². The monoisotopic (exact) mass is 350 g/mol. The van der Waals surface area contributed by atoms with Gasteiger partial charge in [-0.3, -0.25) is 4.79 Å². The lowest BCUT2D eigenvalue weighted by Crippen LogP contribution is -2.18. The summed E-state index contributed by atoms with van der Waals surface area (Å²) in [7, 11) is 3.10. The Morgan fingerprint density at radius 1 is 1.23 bits per heavy atom. The highest BCUT2D eigenvalue weighted by atomic mass is 16.5. The lowest BCUT2D eigenvalue weighted by Gasteiger charge is -2.11. The Labute approximate surface area is 150 Å². The summed E-state index contributed by atoms with van der Waals surface area (Å²) in [6, 6.07) is 12.9. The molecule has 7 nitrogen and oxygen atoms in total. The zero-order valence-electron chi connectivity index (χ0n) is 14.5. The fraction of sp³-hybridized carbons (Fsp3) is 0.211. The maximum Gasteiger partial charge on any atom is 0.244 e. The predicted molar refractivity (Wildman–Crippen MR) is 97.2 cm³/mol. The van der Waals surface area contributed by atoms with Crippen LogP contribution in [0.5, 0.6) is 11.5 Å². The Bertz CT molecular complexity index is 966. The summed E-state index contributed by atoms with van der Waals surface area (Å²) >= 11 is 0. The van der Waals surface area contributed by atoms with Crippen LogP contribution in [0.4, 0.5) is 5.69 Å². The number of rotatable bonds is 6. The zero-order chi connectivity index (χ0) is 18.5. The van der Waals surface area contributed by atoms with E-state index in [1.165, 1.54) is 0 Å². The molecule has 1 heterocycles. The van der Waals surface area contributed by atoms with Gasteiger partial charge in [0.1, 0.15) is 18.0 Å². The van der Waals surface area contributed by atoms with Crippen LogP contribution in [-0.2, 0) is 17.8 Å². The molecule has 3 aromatic rings. The van der Waals surface area contributed by atoms with Crippen molar-refractivity contribution in [1.29, 1.82) is 5.26 Å². The number of imidazole rings is 1. The molecule has 1 aromatic heterocycles. The topological polar surface area (TPSA) is 89.2 Å². The van der Waals surface area contributed by atoms with Gasteiger partial charge in [0.25, 0.3) is 0 Å². The summed E-state index contributed by atoms with van der Waals surface area (Å²) in [5, 5.41) is 11.8. The van der Waals surface area contributed by atoms with Crippen LogP contribution in [-0.4, -0.2) is 29.7 Å². The van der Waals surface area contributed by atoms with Crippen molar-refractivity contribution in [3.63, 3.8) is 0 Å². The number of ether oxygens (including phenoxy) is 2. The van der Waals surface area contributed by atoms with E-state index in [4.69, 9.17) is 14.7 Å². The molecule has 0 atom stereocenters. The molecule has 132 valence electrons. The van der Waals surface area contributed by atoms with Crippen molar-refractivity contribution in [2.75, 3.05) is 19.5 Å². The molecule has 0 unspecified atom stereocenters. The van der Waals surface area contributed by atoms with E-state index in [0.29, 0.717) is 17.2 Å². The zero-order valence-corrected chi connectivity index (χ0v) is 14.5. The molecular formula is C19H18N4O3. The second-order valence-electron chi connectivity index (χ2n) is 5.64. The van der Waals surface area contributed by atoms with Crippen molar-refractivity contribution in [2.24, 2.45) is 0 Å². The van der Waals surface area contributed by atoms with Gasteiger partial charge in [0.2, 0.25) is 5.91 Å². The quantitative estimate of drug-likeness (QED) is 0.738. The molecule has 0 aliphatic rings. The first kappa shape index (κ1) is 17.3. The number of nitrogens with zero attached hydrogens (tertiary/aromatic N) is 3. The molecule has 0 fully saturated rings. The van der Waals surface area contributed by atoms with E-state index >= 15 is 0 Å². The summed E-state index contributed by atoms with van der Waals surface area (Å²) in [6.07, 6.45) is 1.87. The lowest BCUT2D eigenvalue weighted by molar-refractivity contribution is -0.116. The Kier molecular flexibility index (Phi) is 5.04. The molecule has 1 N–H and O–H groups in total. The highest BCUT2D eigenvalue weighted by Gasteiger charge is 2.12. The van der Waals surface area contributed by atoms with E-state index < -0.39 is 0 Å². The van der Waals surface area contributed by atoms with Crippen LogP contribution in [0, 0.1) is 11.3 Å². The van der Waals surface area contributed by atoms with Crippen LogP contribution < -0.4 is 14.8 Å². The molecule has 0 bridgehead atoms. The van der Waals surface area contributed by atoms with E-state index in [9.17, 15) is 4.79 Å². The van der Waals surface area contributed by atoms with E-state index in [0.717, 1.165) is 16.6 Å². The Morgan fingerprint density at radius 2 is 1.96 bits per heavy atom. The molecule has 7 heteroatoms. The SMILES string of the molecule is COc1cc(NC(=O)Cn2cnc3cccc(CC#N)c32)cc(OC)c1. The standard InChI is InChI=1S/C19H18N4O3/c1-25-15-8-14(9-16(10-15)26-2)22-18(24)11-23-12-21-17-5-3-4-13(6-7-20)19(17)23/h3-5,8-10,12H,6,11H2,1-2H3,(H,22,24). The minimum absolute atomic E-state index is 0.0818. The van der Waals surface area contributed by atoms with Gasteiger partial charge in [-0.1, -0.05) is 12.1 Å². The van der Waals surface area contributed by atoms with Gasteiger partial charge in [0, 0.05) is 23.9 Å². The number of amides is 1. The smallest absolute Gasteiger partial charge is 0.244 e. The van der Waals surface area contributed by atoms with Crippen molar-refractivity contribution < 1.29 is 14.3 Å². The highest BCUT2D eigenvalue weighted by Crippen LogP contribution is 2.26. The molecule has 0 aliphatic carbocycles. The molecular weight excluding hydrogens is 332 g/mol. The number of benzene rings is 2. The second kappa shape index (κ2) is 7.57. The highest BCUT2D eigenvalue weighted by molar-refractivity contribution is 5.92. The third-order valence-electron chi connectivity index (χ3n) is 3.94. The van der Waals surface area contributed by atoms with Crippen molar-refractivity contribution in [1.82, 2.24) is 9.55 Å². The van der Waals surface area contributed by atoms with Gasteiger partial charge in [0.15, 0.2) is 0 Å². The van der Waals surface area contributed by atoms with Gasteiger partial charge in [-0.05, 0) is 11.6 Å². The van der Waals surface area contributed by atoms with Crippen molar-refractivity contribution >= 4 is 22.6 Å². The summed E-state index contributed by atoms with van der Waals surface area (Å²) in [5.41, 5.74) is 2.98. The minimum Gasteiger partial charge on any atom is -0.497 e. The first-order chi connectivity index (χ1) is 12.6. The van der Waals surface area contributed by atoms with E-state index in [-0.39, 0.29) is 18.9 Å². The summed E-state index contributed by atoms with van der Waals surface area (Å²) < 4.78 is 12.2. The van der Waals surface area contributed by atoms with Crippen molar-refractivity contribution in [2.45, 2.75) is 13.0 Å². The maximum atomic E-state index is 12.5. The fourth-order valence-corrected chi connectivity index (χ4v) is 2.79. The Balaban J connectivity index is 1.83. The number of para-hydroxylation sites is 1. The van der Waals surface area contributed by atoms with Crippen LogP contribution in [0.15, 0.2) is 42.7 Å². The molecule has 0 saturated carbocycles. The van der Waals surface area contributed by atoms with Gasteiger partial charge in [0.05, 0.1) is 44.1 Å². The van der Waals surface area contributed by atoms with Gasteiger partial charge in [-0.15, -0.1) is 0 Å². The van der Waals surface area contributed by atoms with Gasteiger partial charge >= 0.3 is 0 Å². The molecule has 0 saturated heterocycles. The molecule has 3 rings (SSSR count). The van der Waals surface area contributed by atoms with Crippen molar-refractivity contribution in [3.8, 4) is 17.6 Å². The number of hydrogen-bond acceptors (Lipinski definition) is 5. The van der Waals surface area contributed by atoms with Crippen LogP contribution in [0.1, 0.15) is 5.56 Å². The Hall–Kier alpha value is -3.53. The average Bonchev–Trinajstić information content (AvgIpc) is 3.05. The number of anilines is 1. The maximum absolute atomic E-state index is 12.5. The number of fused-ring (bicyclic) bond motifs is 1. The van der Waals surface area contributed by atoms with E-state index in [1.54, 1.807) is 43.3 Å². The third-order valence-corrected chi connectivity index (χ3v) is 3.94. The summed E-state index contributed by atoms with van der Waals surface area (Å²) in [6.45, 7) is 0.0818. The average molecular weight is 350 g/mol. The molecule has 26 heavy (non-hydrogen) atoms. The number of nitrogens with one attached hydrogen (secondary N) is 1. The normalized spacial score (nSPS) is 10.3. The number of methoxy groups -OCH3 is 2. The summed E-state index contributed by atoms with van der Waals surface area (Å²) in [5.74, 6) is 0.958. The largest absolute Gasteiger partial charge is 0.497 e. The van der Waals surface area contributed by atoms with E-state index in [2.05, 4.69) is 16.4 Å².